The number of nitrogen functional groups attached to an aromatic ring is 1. The van der Waals surface area contributed by atoms with Crippen LogP contribution in [0.5, 0.6) is 5.75 Å². The molecule has 0 fully saturated rings. The number of unbranched alkanes of at least 4 members (excludes halogenated alkanes) is 1. The molecular formula is C29H31N3O6. The molecule has 3 aromatic carbocycles. The maximum Gasteiger partial charge on any atom is 0.414 e. The number of benzene rings is 3. The Morgan fingerprint density at radius 3 is 2.37 bits per heavy atom. The van der Waals surface area contributed by atoms with Gasteiger partial charge in [0.15, 0.2) is 0 Å². The molecule has 3 aromatic rings. The predicted octanol–water partition coefficient (Wildman–Crippen LogP) is 4.61. The number of hydrogen-bond acceptors (Lipinski definition) is 7. The van der Waals surface area contributed by atoms with Gasteiger partial charge < -0.3 is 25.6 Å². The van der Waals surface area contributed by atoms with E-state index in [0.29, 0.717) is 47.5 Å². The van der Waals surface area contributed by atoms with Crippen molar-refractivity contribution in [3.05, 3.63) is 102 Å². The smallest absolute Gasteiger partial charge is 0.414 e. The molecule has 0 saturated heterocycles. The van der Waals surface area contributed by atoms with Crippen molar-refractivity contribution >= 4 is 29.3 Å². The van der Waals surface area contributed by atoms with E-state index in [1.54, 1.807) is 84.9 Å². The number of anilines is 2. The van der Waals surface area contributed by atoms with Crippen LogP contribution in [-0.2, 0) is 9.53 Å². The highest BCUT2D eigenvalue weighted by atomic mass is 16.6. The number of hydrogen-bond donors (Lipinski definition) is 4. The first-order valence-corrected chi connectivity index (χ1v) is 12.2. The van der Waals surface area contributed by atoms with E-state index in [0.717, 1.165) is 0 Å². The van der Waals surface area contributed by atoms with Crippen molar-refractivity contribution in [2.75, 3.05) is 24.3 Å². The maximum absolute atomic E-state index is 12.5. The lowest BCUT2D eigenvalue weighted by atomic mass is 10.0. The zero-order valence-electron chi connectivity index (χ0n) is 20.8. The van der Waals surface area contributed by atoms with E-state index >= 15 is 0 Å². The van der Waals surface area contributed by atoms with Crippen molar-refractivity contribution < 1.29 is 29.0 Å². The van der Waals surface area contributed by atoms with Crippen LogP contribution >= 0.6 is 0 Å². The number of nitrogens with one attached hydrogen (secondary N) is 2. The number of nitrogens with two attached hydrogens (primary N) is 1. The number of imide groups is 1. The molecule has 3 rings (SSSR count). The lowest BCUT2D eigenvalue weighted by molar-refractivity contribution is -0.111. The molecule has 0 aliphatic rings. The first-order valence-electron chi connectivity index (χ1n) is 12.2. The first kappa shape index (κ1) is 27.9. The summed E-state index contributed by atoms with van der Waals surface area (Å²) in [4.78, 5) is 37.0. The van der Waals surface area contributed by atoms with E-state index in [-0.39, 0.29) is 19.1 Å². The SMILES string of the molecule is Nc1ccccc1NC(=O)/C=C/CCC[C@H](OC(=O)NC(=O)c1ccccc1)c1ccc(OCCO)cc1. The minimum atomic E-state index is -0.861. The molecule has 0 bridgehead atoms. The second-order valence-corrected chi connectivity index (χ2v) is 8.26. The third-order valence-electron chi connectivity index (χ3n) is 5.44. The van der Waals surface area contributed by atoms with Crippen molar-refractivity contribution in [3.8, 4) is 5.75 Å². The molecule has 0 heterocycles. The van der Waals surface area contributed by atoms with Gasteiger partial charge in [-0.2, -0.15) is 0 Å². The van der Waals surface area contributed by atoms with Gasteiger partial charge in [0, 0.05) is 5.56 Å². The average Bonchev–Trinajstić information content (AvgIpc) is 2.93. The number of amides is 3. The number of aliphatic hydroxyl groups is 1. The summed E-state index contributed by atoms with van der Waals surface area (Å²) in [6, 6.07) is 22.3. The summed E-state index contributed by atoms with van der Waals surface area (Å²) < 4.78 is 11.0. The van der Waals surface area contributed by atoms with Crippen molar-refractivity contribution in [3.63, 3.8) is 0 Å². The third-order valence-corrected chi connectivity index (χ3v) is 5.44. The minimum absolute atomic E-state index is 0.104. The van der Waals surface area contributed by atoms with Crippen LogP contribution in [0.2, 0.25) is 0 Å². The first-order chi connectivity index (χ1) is 18.5. The van der Waals surface area contributed by atoms with E-state index in [9.17, 15) is 14.4 Å². The third kappa shape index (κ3) is 9.11. The van der Waals surface area contributed by atoms with Crippen LogP contribution in [-0.4, -0.2) is 36.2 Å². The molecule has 0 aliphatic heterocycles. The molecule has 1 atom stereocenters. The maximum atomic E-state index is 12.5. The highest BCUT2D eigenvalue weighted by Gasteiger charge is 2.19. The number of rotatable bonds is 12. The van der Waals surface area contributed by atoms with Gasteiger partial charge in [0.2, 0.25) is 5.91 Å². The van der Waals surface area contributed by atoms with E-state index < -0.39 is 18.1 Å². The number of allylic oxidation sites excluding steroid dienone is 1. The fourth-order valence-corrected chi connectivity index (χ4v) is 3.55. The van der Waals surface area contributed by atoms with Crippen LogP contribution in [0.4, 0.5) is 16.2 Å². The fraction of sp³-hybridized carbons (Fsp3) is 0.207. The van der Waals surface area contributed by atoms with Gasteiger partial charge in [0.1, 0.15) is 18.5 Å². The van der Waals surface area contributed by atoms with Gasteiger partial charge >= 0.3 is 6.09 Å². The van der Waals surface area contributed by atoms with Crippen LogP contribution in [0.1, 0.15) is 41.3 Å². The summed E-state index contributed by atoms with van der Waals surface area (Å²) in [7, 11) is 0. The predicted molar refractivity (Wildman–Crippen MR) is 145 cm³/mol. The molecule has 198 valence electrons. The summed E-state index contributed by atoms with van der Waals surface area (Å²) in [6.07, 6.45) is 3.26. The Bertz CT molecular complexity index is 1230. The molecule has 9 nitrogen and oxygen atoms in total. The highest BCUT2D eigenvalue weighted by Crippen LogP contribution is 2.26. The van der Waals surface area contributed by atoms with Crippen LogP contribution in [0.3, 0.4) is 0 Å². The van der Waals surface area contributed by atoms with Crippen molar-refractivity contribution in [1.29, 1.82) is 0 Å². The summed E-state index contributed by atoms with van der Waals surface area (Å²) in [6.45, 7) is 0.0629. The molecule has 0 radical (unpaired) electrons. The Balaban J connectivity index is 1.58. The Kier molecular flexibility index (Phi) is 10.9. The second-order valence-electron chi connectivity index (χ2n) is 8.26. The van der Waals surface area contributed by atoms with Crippen molar-refractivity contribution in [2.24, 2.45) is 0 Å². The monoisotopic (exact) mass is 517 g/mol. The molecule has 0 saturated carbocycles. The molecule has 9 heteroatoms. The van der Waals surface area contributed by atoms with Gasteiger partial charge in [-0.3, -0.25) is 14.9 Å². The Labute approximate surface area is 221 Å². The van der Waals surface area contributed by atoms with Gasteiger partial charge in [0.25, 0.3) is 5.91 Å². The molecule has 38 heavy (non-hydrogen) atoms. The van der Waals surface area contributed by atoms with Gasteiger partial charge in [-0.05, 0) is 67.3 Å². The van der Waals surface area contributed by atoms with Gasteiger partial charge in [-0.15, -0.1) is 0 Å². The molecule has 0 unspecified atom stereocenters. The number of aliphatic hydroxyl groups excluding tert-OH is 1. The number of alkyl carbamates (subject to hydrolysis) is 1. The molecule has 0 spiro atoms. The molecule has 3 amide bonds. The van der Waals surface area contributed by atoms with Gasteiger partial charge in [0.05, 0.1) is 18.0 Å². The molecular weight excluding hydrogens is 486 g/mol. The minimum Gasteiger partial charge on any atom is -0.491 e. The largest absolute Gasteiger partial charge is 0.491 e. The average molecular weight is 518 g/mol. The van der Waals surface area contributed by atoms with Crippen LogP contribution in [0.25, 0.3) is 0 Å². The van der Waals surface area contributed by atoms with E-state index in [1.165, 1.54) is 6.08 Å². The van der Waals surface area contributed by atoms with E-state index in [1.807, 2.05) is 0 Å². The number of para-hydroxylation sites is 2. The Morgan fingerprint density at radius 1 is 0.947 bits per heavy atom. The van der Waals surface area contributed by atoms with E-state index in [4.69, 9.17) is 20.3 Å². The number of carbonyl (C=O) groups is 3. The zero-order valence-corrected chi connectivity index (χ0v) is 20.8. The summed E-state index contributed by atoms with van der Waals surface area (Å²) >= 11 is 0. The Hall–Kier alpha value is -4.63. The lowest BCUT2D eigenvalue weighted by Gasteiger charge is -2.19. The summed E-state index contributed by atoms with van der Waals surface area (Å²) in [5.41, 5.74) is 7.91. The van der Waals surface area contributed by atoms with Crippen LogP contribution in [0.15, 0.2) is 91.0 Å². The fourth-order valence-electron chi connectivity index (χ4n) is 3.55. The molecule has 0 aromatic heterocycles. The van der Waals surface area contributed by atoms with Gasteiger partial charge in [-0.1, -0.05) is 48.5 Å². The van der Waals surface area contributed by atoms with Crippen LogP contribution < -0.4 is 21.1 Å². The molecule has 5 N–H and O–H groups in total. The zero-order chi connectivity index (χ0) is 27.2. The number of ether oxygens (including phenoxy) is 2. The quantitative estimate of drug-likeness (QED) is 0.156. The highest BCUT2D eigenvalue weighted by molar-refractivity contribution is 6.03. The van der Waals surface area contributed by atoms with E-state index in [2.05, 4.69) is 10.6 Å². The molecule has 0 aliphatic carbocycles. The van der Waals surface area contributed by atoms with Crippen LogP contribution in [0, 0.1) is 0 Å². The second kappa shape index (κ2) is 14.8. The van der Waals surface area contributed by atoms with Crippen molar-refractivity contribution in [1.82, 2.24) is 5.32 Å². The normalized spacial score (nSPS) is 11.5. The lowest BCUT2D eigenvalue weighted by Crippen LogP contribution is -2.32. The van der Waals surface area contributed by atoms with Crippen molar-refractivity contribution in [2.45, 2.75) is 25.4 Å². The summed E-state index contributed by atoms with van der Waals surface area (Å²) in [5, 5.41) is 13.9. The van der Waals surface area contributed by atoms with Gasteiger partial charge in [-0.25, -0.2) is 4.79 Å². The Morgan fingerprint density at radius 2 is 1.66 bits per heavy atom. The number of carbonyl (C=O) groups excluding carboxylic acids is 3. The summed E-state index contributed by atoms with van der Waals surface area (Å²) in [5.74, 6) is -0.290. The standard InChI is InChI=1S/C29H31N3O6/c30-24-11-7-8-12-25(24)31-27(34)14-6-2-5-13-26(21-15-17-23(18-16-21)37-20-19-33)38-29(36)32-28(35)22-9-3-1-4-10-22/h1,3-4,6-12,14-18,26,33H,2,5,13,19-20,30H2,(H,31,34)(H,32,35,36)/b14-6+/t26-/m0/s1. The topological polar surface area (TPSA) is 140 Å².